The molecule has 5 atom stereocenters. The van der Waals surface area contributed by atoms with Crippen molar-refractivity contribution in [1.82, 2.24) is 9.62 Å². The molecule has 0 unspecified atom stereocenters. The quantitative estimate of drug-likeness (QED) is 0.454. The maximum Gasteiger partial charge on any atom is 0.270 e. The zero-order chi connectivity index (χ0) is 34.3. The number of nitrogens with one attached hydrogen (secondary N) is 1. The summed E-state index contributed by atoms with van der Waals surface area (Å²) in [6.07, 6.45) is 10.7. The van der Waals surface area contributed by atoms with E-state index in [0.717, 1.165) is 44.8 Å². The third-order valence-electron chi connectivity index (χ3n) is 10.8. The summed E-state index contributed by atoms with van der Waals surface area (Å²) in [6.45, 7) is 2.16. The largest absolute Gasteiger partial charge is 0.490 e. The van der Waals surface area contributed by atoms with Gasteiger partial charge < -0.3 is 24.4 Å². The highest BCUT2D eigenvalue weighted by atomic mass is 35.5. The Kier molecular flexibility index (Phi) is 9.88. The number of anilines is 1. The van der Waals surface area contributed by atoms with Crippen molar-refractivity contribution in [1.29, 1.82) is 0 Å². The molecule has 2 aromatic rings. The Morgan fingerprint density at radius 3 is 2.71 bits per heavy atom. The molecule has 0 saturated heterocycles. The van der Waals surface area contributed by atoms with Crippen molar-refractivity contribution in [2.24, 2.45) is 11.8 Å². The molecule has 6 rings (SSSR count). The SMILES string of the molecule is CO[C@H]1/C=C\CCCN(C)C(=O)C[C@](O)(C(=O)NS(C)(=O)=O)c2ccc3c(c2)N(C[C@@H]2CC[C@H]21)C[C@@]1(CCCc2cc(Cl)ccc21)CO3. The fourth-order valence-corrected chi connectivity index (χ4v) is 8.73. The number of carbonyl (C=O) groups is 2. The van der Waals surface area contributed by atoms with Crippen molar-refractivity contribution in [3.8, 4) is 5.75 Å². The van der Waals surface area contributed by atoms with Crippen molar-refractivity contribution in [2.45, 2.75) is 68.5 Å². The Hall–Kier alpha value is -3.12. The zero-order valence-corrected chi connectivity index (χ0v) is 29.5. The molecule has 2 aliphatic heterocycles. The minimum Gasteiger partial charge on any atom is -0.490 e. The molecule has 2 aliphatic carbocycles. The van der Waals surface area contributed by atoms with E-state index in [2.05, 4.69) is 29.2 Å². The molecule has 2 bridgehead atoms. The van der Waals surface area contributed by atoms with Gasteiger partial charge in [-0.25, -0.2) is 8.42 Å². The summed E-state index contributed by atoms with van der Waals surface area (Å²) in [4.78, 5) is 30.9. The topological polar surface area (TPSA) is 125 Å². The van der Waals surface area contributed by atoms with E-state index in [1.165, 1.54) is 16.0 Å². The Balaban J connectivity index is 1.48. The molecule has 10 nitrogen and oxygen atoms in total. The van der Waals surface area contributed by atoms with Crippen LogP contribution in [0.25, 0.3) is 0 Å². The number of methoxy groups -OCH3 is 1. The highest BCUT2D eigenvalue weighted by Gasteiger charge is 2.46. The number of ether oxygens (including phenoxy) is 2. The minimum atomic E-state index is -4.04. The summed E-state index contributed by atoms with van der Waals surface area (Å²) in [7, 11) is -0.669. The summed E-state index contributed by atoms with van der Waals surface area (Å²) in [6, 6.07) is 11.1. The first-order valence-electron chi connectivity index (χ1n) is 16.8. The summed E-state index contributed by atoms with van der Waals surface area (Å²) in [5.74, 6) is -0.432. The van der Waals surface area contributed by atoms with Gasteiger partial charge in [0.2, 0.25) is 15.9 Å². The van der Waals surface area contributed by atoms with Crippen LogP contribution in [0.1, 0.15) is 61.6 Å². The van der Waals surface area contributed by atoms with Gasteiger partial charge in [0.15, 0.2) is 5.60 Å². The van der Waals surface area contributed by atoms with Gasteiger partial charge in [-0.15, -0.1) is 0 Å². The number of amides is 2. The molecule has 1 spiro atoms. The second kappa shape index (κ2) is 13.7. The normalized spacial score (nSPS) is 30.2. The smallest absolute Gasteiger partial charge is 0.270 e. The first-order valence-corrected chi connectivity index (χ1v) is 19.1. The second-order valence-electron chi connectivity index (χ2n) is 14.1. The molecule has 260 valence electrons. The lowest BCUT2D eigenvalue weighted by Crippen LogP contribution is -2.50. The van der Waals surface area contributed by atoms with Crippen LogP contribution in [0.3, 0.4) is 0 Å². The predicted molar refractivity (Wildman–Crippen MR) is 185 cm³/mol. The lowest BCUT2D eigenvalue weighted by molar-refractivity contribution is -0.148. The van der Waals surface area contributed by atoms with Gasteiger partial charge in [0, 0.05) is 44.2 Å². The summed E-state index contributed by atoms with van der Waals surface area (Å²) in [5, 5.41) is 12.8. The zero-order valence-electron chi connectivity index (χ0n) is 27.9. The van der Waals surface area contributed by atoms with E-state index >= 15 is 0 Å². The predicted octanol–water partition coefficient (Wildman–Crippen LogP) is 4.32. The molecule has 2 aromatic carbocycles. The number of halogens is 1. The number of aryl methyl sites for hydroxylation is 1. The van der Waals surface area contributed by atoms with Gasteiger partial charge in [0.1, 0.15) is 5.75 Å². The average Bonchev–Trinajstić information content (AvgIpc) is 3.17. The molecule has 48 heavy (non-hydrogen) atoms. The van der Waals surface area contributed by atoms with Crippen molar-refractivity contribution in [3.63, 3.8) is 0 Å². The highest BCUT2D eigenvalue weighted by Crippen LogP contribution is 2.47. The maximum absolute atomic E-state index is 13.6. The van der Waals surface area contributed by atoms with Crippen molar-refractivity contribution < 1.29 is 32.6 Å². The van der Waals surface area contributed by atoms with Gasteiger partial charge in [-0.1, -0.05) is 35.9 Å². The van der Waals surface area contributed by atoms with Gasteiger partial charge in [0.25, 0.3) is 5.91 Å². The van der Waals surface area contributed by atoms with Gasteiger partial charge >= 0.3 is 0 Å². The lowest BCUT2D eigenvalue weighted by atomic mass is 9.68. The van der Waals surface area contributed by atoms with Gasteiger partial charge in [-0.05, 0) is 97.7 Å². The molecular formula is C36H46ClN3O7S. The van der Waals surface area contributed by atoms with Crippen LogP contribution < -0.4 is 14.4 Å². The molecule has 12 heteroatoms. The summed E-state index contributed by atoms with van der Waals surface area (Å²) < 4.78 is 38.9. The van der Waals surface area contributed by atoms with Crippen molar-refractivity contribution in [2.75, 3.05) is 51.6 Å². The van der Waals surface area contributed by atoms with Crippen LogP contribution in [0.4, 0.5) is 5.69 Å². The molecule has 2 heterocycles. The first kappa shape index (κ1) is 34.7. The van der Waals surface area contributed by atoms with E-state index in [1.54, 1.807) is 32.4 Å². The molecule has 0 aromatic heterocycles. The Morgan fingerprint density at radius 1 is 1.17 bits per heavy atom. The minimum absolute atomic E-state index is 0.0379. The molecule has 1 saturated carbocycles. The van der Waals surface area contributed by atoms with E-state index in [1.807, 2.05) is 10.8 Å². The average molecular weight is 700 g/mol. The van der Waals surface area contributed by atoms with Crippen LogP contribution in [0.2, 0.25) is 5.02 Å². The van der Waals surface area contributed by atoms with Crippen LogP contribution in [0.15, 0.2) is 48.6 Å². The molecule has 4 aliphatic rings. The molecule has 2 N–H and O–H groups in total. The standard InChI is InChI=1S/C36H46ClN3O7S/c1-39-17-6-4-5-9-31(46-2)28-13-10-25(28)21-40-22-35(16-7-8-24-18-27(37)12-14-29(24)35)23-47-32-15-11-26(19-30(32)40)36(43,20-33(39)41)34(42)38-48(3,44)45/h5,9,11-12,14-15,18-19,25,28,31,43H,4,6-8,10,13,16-17,20-23H2,1-3H3,(H,38,42)/b9-5-/t25-,28+,31-,35-,36+/m0/s1. The van der Waals surface area contributed by atoms with Crippen LogP contribution >= 0.6 is 11.6 Å². The van der Waals surface area contributed by atoms with Gasteiger partial charge in [-0.3, -0.25) is 14.3 Å². The van der Waals surface area contributed by atoms with Crippen LogP contribution in [0.5, 0.6) is 5.75 Å². The monoisotopic (exact) mass is 699 g/mol. The number of hydrogen-bond acceptors (Lipinski definition) is 8. The summed E-state index contributed by atoms with van der Waals surface area (Å²) >= 11 is 6.43. The van der Waals surface area contributed by atoms with E-state index in [0.29, 0.717) is 61.0 Å². The lowest BCUT2D eigenvalue weighted by Gasteiger charge is -2.46. The molecule has 0 radical (unpaired) electrons. The number of allylic oxidation sites excluding steroid dienone is 1. The number of carbonyl (C=O) groups excluding carboxylic acids is 2. The summed E-state index contributed by atoms with van der Waals surface area (Å²) in [5.41, 5.74) is 0.455. The molecule has 1 fully saturated rings. The van der Waals surface area contributed by atoms with Gasteiger partial charge in [0.05, 0.1) is 31.1 Å². The Morgan fingerprint density at radius 2 is 1.98 bits per heavy atom. The molecule has 2 amide bonds. The number of nitrogens with zero attached hydrogens (tertiary/aromatic N) is 2. The maximum atomic E-state index is 13.6. The second-order valence-corrected chi connectivity index (χ2v) is 16.3. The van der Waals surface area contributed by atoms with Crippen LogP contribution in [-0.2, 0) is 41.8 Å². The number of benzene rings is 2. The number of fused-ring (bicyclic) bond motifs is 4. The first-order chi connectivity index (χ1) is 22.8. The van der Waals surface area contributed by atoms with Gasteiger partial charge in [-0.2, -0.15) is 0 Å². The third kappa shape index (κ3) is 6.97. The van der Waals surface area contributed by atoms with E-state index in [4.69, 9.17) is 21.1 Å². The fourth-order valence-electron chi connectivity index (χ4n) is 8.03. The van der Waals surface area contributed by atoms with E-state index in [9.17, 15) is 23.1 Å². The van der Waals surface area contributed by atoms with E-state index in [-0.39, 0.29) is 17.1 Å². The Labute approximate surface area is 288 Å². The fraction of sp³-hybridized carbons (Fsp3) is 0.556. The third-order valence-corrected chi connectivity index (χ3v) is 11.6. The number of hydrogen-bond donors (Lipinski definition) is 2. The Bertz CT molecular complexity index is 1700. The number of rotatable bonds is 3. The van der Waals surface area contributed by atoms with Crippen molar-refractivity contribution >= 4 is 39.1 Å². The highest BCUT2D eigenvalue weighted by molar-refractivity contribution is 7.89. The van der Waals surface area contributed by atoms with E-state index < -0.39 is 33.9 Å². The number of aliphatic hydroxyl groups is 1. The molecular weight excluding hydrogens is 654 g/mol. The van der Waals surface area contributed by atoms with Crippen LogP contribution in [0, 0.1) is 11.8 Å². The van der Waals surface area contributed by atoms with Crippen molar-refractivity contribution in [3.05, 3.63) is 70.3 Å². The number of sulfonamides is 1. The van der Waals surface area contributed by atoms with Crippen LogP contribution in [-0.4, -0.2) is 83.0 Å².